The van der Waals surface area contributed by atoms with Gasteiger partial charge < -0.3 is 25.3 Å². The van der Waals surface area contributed by atoms with Crippen LogP contribution in [0.25, 0.3) is 23.9 Å². The summed E-state index contributed by atoms with van der Waals surface area (Å²) >= 11 is 0. The third kappa shape index (κ3) is 3.39. The van der Waals surface area contributed by atoms with E-state index in [1.807, 2.05) is 60.7 Å². The number of fused-ring (bicyclic) bond motifs is 8. The molecule has 0 aliphatic carbocycles. The monoisotopic (exact) mass is 381 g/mol. The average Bonchev–Trinajstić information content (AvgIpc) is 3.49. The number of hydrogen-bond acceptors (Lipinski definition) is 1. The summed E-state index contributed by atoms with van der Waals surface area (Å²) in [5.41, 5.74) is 4.37. The van der Waals surface area contributed by atoms with Gasteiger partial charge in [0.1, 0.15) is 0 Å². The molecule has 0 spiro atoms. The van der Waals surface area contributed by atoms with E-state index in [-0.39, 0.29) is 5.91 Å². The summed E-state index contributed by atoms with van der Waals surface area (Å²) in [4.78, 5) is 25.5. The number of carbonyl (C=O) groups excluding carboxylic acids is 1. The molecular weight excluding hydrogens is 362 g/mol. The topological polar surface area (TPSA) is 92.3 Å². The van der Waals surface area contributed by atoms with Crippen molar-refractivity contribution in [2.24, 2.45) is 0 Å². The van der Waals surface area contributed by atoms with Crippen LogP contribution in [0.15, 0.2) is 61.2 Å². The largest absolute Gasteiger partial charge is 0.355 e. The van der Waals surface area contributed by atoms with E-state index < -0.39 is 0 Å². The first-order chi connectivity index (χ1) is 14.2. The van der Waals surface area contributed by atoms with E-state index in [9.17, 15) is 4.79 Å². The molecule has 1 amide bonds. The lowest BCUT2D eigenvalue weighted by molar-refractivity contribution is -0.115. The van der Waals surface area contributed by atoms with E-state index in [1.165, 1.54) is 6.08 Å². The van der Waals surface area contributed by atoms with Crippen LogP contribution in [0.3, 0.4) is 0 Å². The van der Waals surface area contributed by atoms with Crippen molar-refractivity contribution in [2.45, 2.75) is 0 Å². The van der Waals surface area contributed by atoms with Crippen molar-refractivity contribution in [3.8, 4) is 0 Å². The molecule has 0 atom stereocenters. The zero-order chi connectivity index (χ0) is 19.8. The number of amides is 1. The van der Waals surface area contributed by atoms with Crippen LogP contribution in [0.1, 0.15) is 22.8 Å². The number of carbonyl (C=O) groups is 1. The van der Waals surface area contributed by atoms with Crippen LogP contribution < -0.4 is 26.7 Å². The maximum absolute atomic E-state index is 12.0. The molecule has 1 aliphatic rings. The van der Waals surface area contributed by atoms with Crippen LogP contribution >= 0.6 is 0 Å². The van der Waals surface area contributed by atoms with Gasteiger partial charge in [0.2, 0.25) is 5.91 Å². The fourth-order valence-electron chi connectivity index (χ4n) is 3.44. The van der Waals surface area contributed by atoms with Crippen LogP contribution in [0.2, 0.25) is 0 Å². The second-order valence-corrected chi connectivity index (χ2v) is 6.89. The normalized spacial score (nSPS) is 12.5. The van der Waals surface area contributed by atoms with E-state index in [4.69, 9.17) is 0 Å². The molecule has 4 aromatic rings. The lowest BCUT2D eigenvalue weighted by Crippen LogP contribution is -2.27. The summed E-state index contributed by atoms with van der Waals surface area (Å²) in [6.07, 6.45) is 7.37. The van der Waals surface area contributed by atoms with E-state index >= 15 is 0 Å². The standard InChI is InChI=1S/C23H19N5O/c1-2-22(29)28-23-20-9-7-18(26-20)12-16-5-3-14(24-16)11-15-4-6-17(25-15)13-19-8-10-21(23)27-19/h2-13,24-27H,1H2,(H,28,29). The highest BCUT2D eigenvalue weighted by atomic mass is 16.1. The Morgan fingerprint density at radius 3 is 2.00 bits per heavy atom. The van der Waals surface area contributed by atoms with Gasteiger partial charge in [0.15, 0.2) is 0 Å². The molecule has 4 aromatic heterocycles. The van der Waals surface area contributed by atoms with E-state index in [0.29, 0.717) is 5.70 Å². The summed E-state index contributed by atoms with van der Waals surface area (Å²) in [5.74, 6) is -0.270. The summed E-state index contributed by atoms with van der Waals surface area (Å²) in [6, 6.07) is 16.0. The fourth-order valence-corrected chi connectivity index (χ4v) is 3.44. The Bertz CT molecular complexity index is 1470. The van der Waals surface area contributed by atoms with Crippen molar-refractivity contribution in [2.75, 3.05) is 0 Å². The van der Waals surface area contributed by atoms with Crippen molar-refractivity contribution >= 4 is 29.8 Å². The Kier molecular flexibility index (Phi) is 3.95. The highest BCUT2D eigenvalue weighted by Crippen LogP contribution is 2.09. The molecule has 0 unspecified atom stereocenters. The van der Waals surface area contributed by atoms with Crippen LogP contribution in [0.5, 0.6) is 0 Å². The zero-order valence-corrected chi connectivity index (χ0v) is 15.5. The SMILES string of the molecule is C=CC(=O)NC1=c2ccc([nH]2)=Cc2ccc([nH]2)C=c2ccc([nH]2)=Cc2ccc1[nH]2. The Morgan fingerprint density at radius 2 is 1.31 bits per heavy atom. The van der Waals surface area contributed by atoms with Crippen molar-refractivity contribution in [1.29, 1.82) is 0 Å². The van der Waals surface area contributed by atoms with Gasteiger partial charge in [-0.05, 0) is 72.8 Å². The maximum Gasteiger partial charge on any atom is 0.247 e. The van der Waals surface area contributed by atoms with Crippen molar-refractivity contribution in [3.63, 3.8) is 0 Å². The third-order valence-corrected chi connectivity index (χ3v) is 4.78. The van der Waals surface area contributed by atoms with Gasteiger partial charge in [-0.2, -0.15) is 0 Å². The second kappa shape index (κ2) is 6.76. The Labute approximate surface area is 165 Å². The number of H-pyrrole nitrogens is 4. The zero-order valence-electron chi connectivity index (χ0n) is 15.5. The minimum Gasteiger partial charge on any atom is -0.355 e. The van der Waals surface area contributed by atoms with Gasteiger partial charge in [-0.25, -0.2) is 0 Å². The molecule has 6 nitrogen and oxygen atoms in total. The number of nitrogens with one attached hydrogen (secondary N) is 5. The summed E-state index contributed by atoms with van der Waals surface area (Å²) in [5, 5.41) is 6.62. The lowest BCUT2D eigenvalue weighted by atomic mass is 10.3. The summed E-state index contributed by atoms with van der Waals surface area (Å²) < 4.78 is 0. The van der Waals surface area contributed by atoms with Crippen molar-refractivity contribution < 1.29 is 4.79 Å². The van der Waals surface area contributed by atoms with Crippen molar-refractivity contribution in [3.05, 3.63) is 105 Å². The maximum atomic E-state index is 12.0. The van der Waals surface area contributed by atoms with Gasteiger partial charge in [0, 0.05) is 33.1 Å². The molecule has 5 N–H and O–H groups in total. The first-order valence-electron chi connectivity index (χ1n) is 9.28. The average molecular weight is 381 g/mol. The molecule has 29 heavy (non-hydrogen) atoms. The molecule has 0 fully saturated rings. The molecule has 0 saturated heterocycles. The molecule has 5 rings (SSSR count). The Morgan fingerprint density at radius 1 is 0.724 bits per heavy atom. The first-order valence-corrected chi connectivity index (χ1v) is 9.28. The smallest absolute Gasteiger partial charge is 0.247 e. The quantitative estimate of drug-likeness (QED) is 0.317. The molecular formula is C23H19N5O. The molecule has 5 heterocycles. The molecule has 0 radical (unpaired) electrons. The molecule has 0 aromatic carbocycles. The van der Waals surface area contributed by atoms with Gasteiger partial charge >= 0.3 is 0 Å². The molecule has 1 aliphatic heterocycles. The van der Waals surface area contributed by atoms with E-state index in [0.717, 1.165) is 44.2 Å². The molecule has 0 saturated carbocycles. The highest BCUT2D eigenvalue weighted by molar-refractivity contribution is 5.93. The van der Waals surface area contributed by atoms with E-state index in [2.05, 4.69) is 37.9 Å². The van der Waals surface area contributed by atoms with Crippen LogP contribution in [0.4, 0.5) is 0 Å². The van der Waals surface area contributed by atoms with Crippen LogP contribution in [-0.2, 0) is 4.79 Å². The number of rotatable bonds is 2. The summed E-state index contributed by atoms with van der Waals surface area (Å²) in [6.45, 7) is 3.56. The van der Waals surface area contributed by atoms with Crippen LogP contribution in [0, 0.1) is 0 Å². The first kappa shape index (κ1) is 16.9. The number of aromatic amines is 4. The Hall–Kier alpha value is -4.19. The molecule has 6 heteroatoms. The predicted octanol–water partition coefficient (Wildman–Crippen LogP) is 0.258. The highest BCUT2D eigenvalue weighted by Gasteiger charge is 2.09. The van der Waals surface area contributed by atoms with Gasteiger partial charge in [-0.1, -0.05) is 6.58 Å². The number of hydrogen-bond donors (Lipinski definition) is 5. The minimum atomic E-state index is -0.270. The fraction of sp³-hybridized carbons (Fsp3) is 0. The summed E-state index contributed by atoms with van der Waals surface area (Å²) in [7, 11) is 0. The molecule has 8 bridgehead atoms. The molecule has 142 valence electrons. The van der Waals surface area contributed by atoms with Gasteiger partial charge in [-0.15, -0.1) is 0 Å². The van der Waals surface area contributed by atoms with Gasteiger partial charge in [-0.3, -0.25) is 4.79 Å². The lowest BCUT2D eigenvalue weighted by Gasteiger charge is -2.05. The Balaban J connectivity index is 1.79. The van der Waals surface area contributed by atoms with Gasteiger partial charge in [0.05, 0.1) is 16.7 Å². The number of aromatic nitrogens is 4. The van der Waals surface area contributed by atoms with Crippen molar-refractivity contribution in [1.82, 2.24) is 25.3 Å². The minimum absolute atomic E-state index is 0.270. The second-order valence-electron chi connectivity index (χ2n) is 6.89. The predicted molar refractivity (Wildman–Crippen MR) is 113 cm³/mol. The van der Waals surface area contributed by atoms with E-state index in [1.54, 1.807) is 0 Å². The van der Waals surface area contributed by atoms with Gasteiger partial charge in [0.25, 0.3) is 0 Å². The third-order valence-electron chi connectivity index (χ3n) is 4.78. The van der Waals surface area contributed by atoms with Crippen LogP contribution in [-0.4, -0.2) is 25.8 Å².